The maximum atomic E-state index is 14.4. The van der Waals surface area contributed by atoms with Crippen molar-refractivity contribution in [2.45, 2.75) is 36.9 Å². The topological polar surface area (TPSA) is 75.3 Å². The van der Waals surface area contributed by atoms with E-state index in [4.69, 9.17) is 0 Å². The first-order chi connectivity index (χ1) is 13.0. The molecule has 1 aliphatic rings. The number of sulfonamides is 1. The standard InChI is InChI=1S/C18H16F4N2O3S/c1-10(12-4-2-3-5-13(12)18(20,21)22)24-28(26,27)16-8-11-6-7-17(25)23-15(11)9-14(16)19/h2-5,8-10,24H,6-7H2,1H3,(H,23,25)/t10-/m0/s1. The Bertz CT molecular complexity index is 1040. The Morgan fingerprint density at radius 1 is 1.14 bits per heavy atom. The average Bonchev–Trinajstić information content (AvgIpc) is 2.59. The van der Waals surface area contributed by atoms with E-state index in [1.807, 2.05) is 0 Å². The summed E-state index contributed by atoms with van der Waals surface area (Å²) in [5, 5.41) is 2.45. The minimum absolute atomic E-state index is 0.126. The first kappa shape index (κ1) is 20.3. The van der Waals surface area contributed by atoms with E-state index in [2.05, 4.69) is 10.0 Å². The van der Waals surface area contributed by atoms with E-state index >= 15 is 0 Å². The zero-order chi connectivity index (χ0) is 20.7. The number of halogens is 4. The Balaban J connectivity index is 1.94. The highest BCUT2D eigenvalue weighted by molar-refractivity contribution is 7.89. The van der Waals surface area contributed by atoms with Gasteiger partial charge in [0.15, 0.2) is 0 Å². The van der Waals surface area contributed by atoms with Crippen LogP contribution in [0.4, 0.5) is 23.2 Å². The molecule has 150 valence electrons. The molecule has 1 atom stereocenters. The summed E-state index contributed by atoms with van der Waals surface area (Å²) in [6, 6.07) is 5.31. The van der Waals surface area contributed by atoms with Crippen molar-refractivity contribution in [2.24, 2.45) is 0 Å². The Hall–Kier alpha value is -2.46. The van der Waals surface area contributed by atoms with E-state index in [0.717, 1.165) is 24.3 Å². The lowest BCUT2D eigenvalue weighted by Gasteiger charge is -2.21. The van der Waals surface area contributed by atoms with Crippen LogP contribution in [0.1, 0.15) is 36.1 Å². The number of benzene rings is 2. The molecule has 0 saturated heterocycles. The Labute approximate surface area is 158 Å². The molecule has 0 saturated carbocycles. The summed E-state index contributed by atoms with van der Waals surface area (Å²) in [6.07, 6.45) is -4.30. The molecule has 0 radical (unpaired) electrons. The van der Waals surface area contributed by atoms with Crippen LogP contribution in [0, 0.1) is 5.82 Å². The number of nitrogens with one attached hydrogen (secondary N) is 2. The zero-order valence-electron chi connectivity index (χ0n) is 14.6. The molecule has 3 rings (SSSR count). The van der Waals surface area contributed by atoms with Crippen molar-refractivity contribution in [1.29, 1.82) is 0 Å². The molecular formula is C18H16F4N2O3S. The van der Waals surface area contributed by atoms with Gasteiger partial charge in [-0.3, -0.25) is 4.79 Å². The van der Waals surface area contributed by atoms with Crippen LogP contribution in [-0.2, 0) is 27.4 Å². The second kappa shape index (κ2) is 7.17. The van der Waals surface area contributed by atoms with Gasteiger partial charge in [0.05, 0.1) is 5.56 Å². The second-order valence-corrected chi connectivity index (χ2v) is 8.10. The predicted octanol–water partition coefficient (Wildman–Crippen LogP) is 3.77. The second-order valence-electron chi connectivity index (χ2n) is 6.42. The third-order valence-corrected chi connectivity index (χ3v) is 5.96. The highest BCUT2D eigenvalue weighted by Crippen LogP contribution is 2.35. The van der Waals surface area contributed by atoms with Crippen molar-refractivity contribution in [2.75, 3.05) is 5.32 Å². The van der Waals surface area contributed by atoms with E-state index in [1.54, 1.807) is 0 Å². The van der Waals surface area contributed by atoms with E-state index < -0.39 is 38.5 Å². The summed E-state index contributed by atoms with van der Waals surface area (Å²) < 4.78 is 81.3. The van der Waals surface area contributed by atoms with Crippen molar-refractivity contribution >= 4 is 21.6 Å². The molecule has 1 amide bonds. The molecule has 0 aromatic heterocycles. The van der Waals surface area contributed by atoms with Gasteiger partial charge in [0.25, 0.3) is 0 Å². The van der Waals surface area contributed by atoms with Gasteiger partial charge in [-0.1, -0.05) is 18.2 Å². The number of carbonyl (C=O) groups is 1. The number of carbonyl (C=O) groups excluding carboxylic acids is 1. The molecule has 28 heavy (non-hydrogen) atoms. The minimum Gasteiger partial charge on any atom is -0.326 e. The van der Waals surface area contributed by atoms with Gasteiger partial charge in [0, 0.05) is 18.2 Å². The number of rotatable bonds is 4. The molecule has 0 aliphatic carbocycles. The summed E-state index contributed by atoms with van der Waals surface area (Å²) >= 11 is 0. The van der Waals surface area contributed by atoms with Gasteiger partial charge in [0.1, 0.15) is 10.7 Å². The van der Waals surface area contributed by atoms with Crippen LogP contribution in [0.5, 0.6) is 0 Å². The van der Waals surface area contributed by atoms with Crippen LogP contribution in [0.15, 0.2) is 41.3 Å². The van der Waals surface area contributed by atoms with Crippen LogP contribution in [-0.4, -0.2) is 14.3 Å². The number of hydrogen-bond acceptors (Lipinski definition) is 3. The number of hydrogen-bond donors (Lipinski definition) is 2. The normalized spacial score (nSPS) is 15.7. The number of aryl methyl sites for hydroxylation is 1. The number of fused-ring (bicyclic) bond motifs is 1. The number of anilines is 1. The van der Waals surface area contributed by atoms with Crippen LogP contribution in [0.25, 0.3) is 0 Å². The molecule has 0 unspecified atom stereocenters. The molecule has 1 aliphatic heterocycles. The zero-order valence-corrected chi connectivity index (χ0v) is 15.4. The quantitative estimate of drug-likeness (QED) is 0.746. The van der Waals surface area contributed by atoms with Crippen molar-refractivity contribution in [3.8, 4) is 0 Å². The molecule has 10 heteroatoms. The van der Waals surface area contributed by atoms with Gasteiger partial charge in [-0.05, 0) is 42.7 Å². The summed E-state index contributed by atoms with van der Waals surface area (Å²) in [6.45, 7) is 1.25. The first-order valence-electron chi connectivity index (χ1n) is 8.30. The lowest BCUT2D eigenvalue weighted by Crippen LogP contribution is -2.29. The first-order valence-corrected chi connectivity index (χ1v) is 9.78. The van der Waals surface area contributed by atoms with Gasteiger partial charge in [-0.2, -0.15) is 13.2 Å². The Morgan fingerprint density at radius 2 is 1.82 bits per heavy atom. The smallest absolute Gasteiger partial charge is 0.326 e. The molecule has 0 fully saturated rings. The summed E-state index contributed by atoms with van der Waals surface area (Å²) in [4.78, 5) is 10.7. The maximum absolute atomic E-state index is 14.4. The van der Waals surface area contributed by atoms with Gasteiger partial charge < -0.3 is 5.32 Å². The Kier molecular flexibility index (Phi) is 5.20. The third-order valence-electron chi connectivity index (χ3n) is 4.41. The maximum Gasteiger partial charge on any atom is 0.416 e. The highest BCUT2D eigenvalue weighted by Gasteiger charge is 2.35. The largest absolute Gasteiger partial charge is 0.416 e. The molecule has 2 N–H and O–H groups in total. The predicted molar refractivity (Wildman–Crippen MR) is 93.5 cm³/mol. The van der Waals surface area contributed by atoms with Gasteiger partial charge in [0.2, 0.25) is 15.9 Å². The highest BCUT2D eigenvalue weighted by atomic mass is 32.2. The fourth-order valence-corrected chi connectivity index (χ4v) is 4.41. The molecule has 5 nitrogen and oxygen atoms in total. The van der Waals surface area contributed by atoms with Crippen LogP contribution < -0.4 is 10.0 Å². The monoisotopic (exact) mass is 416 g/mol. The Morgan fingerprint density at radius 3 is 2.50 bits per heavy atom. The average molecular weight is 416 g/mol. The molecule has 0 spiro atoms. The number of amides is 1. The minimum atomic E-state index is -4.66. The molecule has 1 heterocycles. The van der Waals surface area contributed by atoms with E-state index in [0.29, 0.717) is 5.56 Å². The van der Waals surface area contributed by atoms with Crippen molar-refractivity contribution in [3.05, 3.63) is 58.9 Å². The third kappa shape index (κ3) is 4.02. The fourth-order valence-electron chi connectivity index (χ4n) is 3.08. The van der Waals surface area contributed by atoms with Crippen molar-refractivity contribution in [1.82, 2.24) is 4.72 Å². The van der Waals surface area contributed by atoms with Crippen LogP contribution in [0.2, 0.25) is 0 Å². The summed E-state index contributed by atoms with van der Waals surface area (Å²) in [5.74, 6) is -1.41. The van der Waals surface area contributed by atoms with Gasteiger partial charge in [-0.25, -0.2) is 17.5 Å². The lowest BCUT2D eigenvalue weighted by atomic mass is 10.0. The summed E-state index contributed by atoms with van der Waals surface area (Å²) in [5.41, 5.74) is -0.629. The van der Waals surface area contributed by atoms with Crippen LogP contribution >= 0.6 is 0 Å². The van der Waals surface area contributed by atoms with Crippen molar-refractivity contribution < 1.29 is 30.8 Å². The van der Waals surface area contributed by atoms with Crippen molar-refractivity contribution in [3.63, 3.8) is 0 Å². The van der Waals surface area contributed by atoms with Gasteiger partial charge >= 0.3 is 6.18 Å². The summed E-state index contributed by atoms with van der Waals surface area (Å²) in [7, 11) is -4.45. The van der Waals surface area contributed by atoms with E-state index in [-0.39, 0.29) is 30.0 Å². The SMILES string of the molecule is C[C@H](NS(=O)(=O)c1cc2c(cc1F)NC(=O)CC2)c1ccccc1C(F)(F)F. The fraction of sp³-hybridized carbons (Fsp3) is 0.278. The molecule has 2 aromatic carbocycles. The molecular weight excluding hydrogens is 400 g/mol. The van der Waals surface area contributed by atoms with E-state index in [9.17, 15) is 30.8 Å². The number of alkyl halides is 3. The molecule has 2 aromatic rings. The van der Waals surface area contributed by atoms with E-state index in [1.165, 1.54) is 19.1 Å². The van der Waals surface area contributed by atoms with Gasteiger partial charge in [-0.15, -0.1) is 0 Å². The van der Waals surface area contributed by atoms with Crippen LogP contribution in [0.3, 0.4) is 0 Å². The molecule has 0 bridgehead atoms. The lowest BCUT2D eigenvalue weighted by molar-refractivity contribution is -0.138.